The van der Waals surface area contributed by atoms with Gasteiger partial charge in [0.2, 0.25) is 0 Å². The first kappa shape index (κ1) is 14.7. The highest BCUT2D eigenvalue weighted by Crippen LogP contribution is 2.20. The Morgan fingerprint density at radius 3 is 2.67 bits per heavy atom. The van der Waals surface area contributed by atoms with E-state index in [1.54, 1.807) is 6.92 Å². The van der Waals surface area contributed by atoms with Gasteiger partial charge in [-0.3, -0.25) is 0 Å². The van der Waals surface area contributed by atoms with Gasteiger partial charge < -0.3 is 25.5 Å². The smallest absolute Gasteiger partial charge is 0.326 e. The van der Waals surface area contributed by atoms with Crippen molar-refractivity contribution in [2.24, 2.45) is 0 Å². The summed E-state index contributed by atoms with van der Waals surface area (Å²) in [5.74, 6) is -1.18. The van der Waals surface area contributed by atoms with Crippen LogP contribution in [0.5, 0.6) is 0 Å². The number of nitrogens with zero attached hydrogens (tertiary/aromatic N) is 1. The average molecular weight is 260 g/mol. The molecule has 0 bridgehead atoms. The summed E-state index contributed by atoms with van der Waals surface area (Å²) >= 11 is 0. The molecule has 0 aromatic heterocycles. The molecule has 0 aromatic carbocycles. The molecule has 0 saturated carbocycles. The van der Waals surface area contributed by atoms with Crippen molar-refractivity contribution in [2.45, 2.75) is 37.8 Å². The maximum atomic E-state index is 11.8. The summed E-state index contributed by atoms with van der Waals surface area (Å²) in [5, 5.41) is 29.8. The van der Waals surface area contributed by atoms with Crippen LogP contribution in [-0.4, -0.2) is 63.6 Å². The molecule has 2 amide bonds. The monoisotopic (exact) mass is 260 g/mol. The molecule has 1 heterocycles. The van der Waals surface area contributed by atoms with Gasteiger partial charge in [-0.15, -0.1) is 0 Å². The van der Waals surface area contributed by atoms with Crippen molar-refractivity contribution in [3.8, 4) is 0 Å². The highest BCUT2D eigenvalue weighted by molar-refractivity contribution is 5.82. The summed E-state index contributed by atoms with van der Waals surface area (Å²) in [4.78, 5) is 24.1. The fourth-order valence-corrected chi connectivity index (χ4v) is 2.02. The number of piperidine rings is 1. The predicted octanol–water partition coefficient (Wildman–Crippen LogP) is -0.622. The number of carboxylic acid groups (broad SMARTS) is 1. The predicted molar refractivity (Wildman–Crippen MR) is 63.1 cm³/mol. The third-order valence-electron chi connectivity index (χ3n) is 2.98. The van der Waals surface area contributed by atoms with Gasteiger partial charge >= 0.3 is 12.0 Å². The molecule has 104 valence electrons. The minimum Gasteiger partial charge on any atom is -0.480 e. The van der Waals surface area contributed by atoms with Crippen molar-refractivity contribution in [3.63, 3.8) is 0 Å². The summed E-state index contributed by atoms with van der Waals surface area (Å²) in [6.45, 7) is 2.02. The van der Waals surface area contributed by atoms with E-state index in [4.69, 9.17) is 10.2 Å². The van der Waals surface area contributed by atoms with E-state index in [9.17, 15) is 14.7 Å². The Labute approximate surface area is 105 Å². The molecule has 7 heteroatoms. The Hall–Kier alpha value is -1.34. The number of rotatable bonds is 4. The summed E-state index contributed by atoms with van der Waals surface area (Å²) in [5.41, 5.74) is -0.925. The van der Waals surface area contributed by atoms with Crippen LogP contribution < -0.4 is 5.32 Å². The number of aliphatic hydroxyl groups excluding tert-OH is 1. The third kappa shape index (κ3) is 4.15. The highest BCUT2D eigenvalue weighted by atomic mass is 16.4. The number of hydrogen-bond acceptors (Lipinski definition) is 4. The lowest BCUT2D eigenvalue weighted by Gasteiger charge is -2.37. The number of amides is 2. The number of carbonyl (C=O) groups excluding carboxylic acids is 1. The molecule has 1 rings (SSSR count). The topological polar surface area (TPSA) is 110 Å². The van der Waals surface area contributed by atoms with Gasteiger partial charge in [-0.1, -0.05) is 0 Å². The highest BCUT2D eigenvalue weighted by Gasteiger charge is 2.32. The van der Waals surface area contributed by atoms with E-state index in [0.717, 1.165) is 0 Å². The van der Waals surface area contributed by atoms with Crippen molar-refractivity contribution in [3.05, 3.63) is 0 Å². The molecule has 4 N–H and O–H groups in total. The molecule has 1 saturated heterocycles. The maximum Gasteiger partial charge on any atom is 0.326 e. The first-order valence-corrected chi connectivity index (χ1v) is 5.97. The van der Waals surface area contributed by atoms with Gasteiger partial charge in [-0.2, -0.15) is 0 Å². The Bertz CT molecular complexity index is 319. The van der Waals surface area contributed by atoms with Crippen molar-refractivity contribution < 1.29 is 24.9 Å². The number of aliphatic hydroxyl groups is 2. The largest absolute Gasteiger partial charge is 0.480 e. The lowest BCUT2D eigenvalue weighted by Crippen LogP contribution is -2.54. The van der Waals surface area contributed by atoms with Gasteiger partial charge in [0.15, 0.2) is 0 Å². The molecule has 1 aliphatic rings. The summed E-state index contributed by atoms with van der Waals surface area (Å²) in [6, 6.07) is -1.62. The molecular formula is C11H20N2O5. The normalized spacial score (nSPS) is 25.6. The van der Waals surface area contributed by atoms with Gasteiger partial charge in [0.1, 0.15) is 6.04 Å². The van der Waals surface area contributed by atoms with Crippen molar-refractivity contribution >= 4 is 12.0 Å². The van der Waals surface area contributed by atoms with Crippen LogP contribution in [0.1, 0.15) is 26.2 Å². The number of aliphatic carboxylic acids is 1. The van der Waals surface area contributed by atoms with E-state index in [0.29, 0.717) is 19.4 Å². The number of carbonyl (C=O) groups is 2. The van der Waals surface area contributed by atoms with Gasteiger partial charge in [-0.25, -0.2) is 9.59 Å². The van der Waals surface area contributed by atoms with E-state index in [1.165, 1.54) is 4.90 Å². The molecule has 0 spiro atoms. The molecule has 0 radical (unpaired) electrons. The van der Waals surface area contributed by atoms with Gasteiger partial charge in [0.25, 0.3) is 0 Å². The molecule has 0 aromatic rings. The van der Waals surface area contributed by atoms with Crippen molar-refractivity contribution in [1.82, 2.24) is 10.2 Å². The molecule has 0 aliphatic carbocycles. The van der Waals surface area contributed by atoms with Crippen LogP contribution in [0.25, 0.3) is 0 Å². The van der Waals surface area contributed by atoms with Crippen LogP contribution in [0, 0.1) is 0 Å². The Morgan fingerprint density at radius 1 is 1.50 bits per heavy atom. The van der Waals surface area contributed by atoms with E-state index in [2.05, 4.69) is 5.32 Å². The van der Waals surface area contributed by atoms with Crippen LogP contribution in [-0.2, 0) is 4.79 Å². The van der Waals surface area contributed by atoms with E-state index >= 15 is 0 Å². The molecule has 1 aliphatic heterocycles. The lowest BCUT2D eigenvalue weighted by molar-refractivity contribution is -0.139. The van der Waals surface area contributed by atoms with Crippen LogP contribution in [0.15, 0.2) is 0 Å². The zero-order valence-electron chi connectivity index (χ0n) is 10.4. The molecule has 18 heavy (non-hydrogen) atoms. The van der Waals surface area contributed by atoms with E-state index in [1.807, 2.05) is 0 Å². The number of nitrogens with one attached hydrogen (secondary N) is 1. The second-order valence-corrected chi connectivity index (χ2v) is 4.87. The van der Waals surface area contributed by atoms with E-state index < -0.39 is 23.6 Å². The molecule has 1 fully saturated rings. The second-order valence-electron chi connectivity index (χ2n) is 4.87. The van der Waals surface area contributed by atoms with E-state index in [-0.39, 0.29) is 19.6 Å². The van der Waals surface area contributed by atoms with Crippen LogP contribution in [0.3, 0.4) is 0 Å². The number of carboxylic acids is 1. The number of likely N-dealkylation sites (tertiary alicyclic amines) is 1. The minimum atomic E-state index is -1.18. The second kappa shape index (κ2) is 6.01. The molecular weight excluding hydrogens is 240 g/mol. The summed E-state index contributed by atoms with van der Waals surface area (Å²) < 4.78 is 0. The lowest BCUT2D eigenvalue weighted by atomic mass is 9.95. The fourth-order valence-electron chi connectivity index (χ4n) is 2.02. The standard InChI is InChI=1S/C11H20N2O5/c1-11(18)4-2-5-13(7-11)10(17)12-8(3-6-14)9(15)16/h8,14,18H,2-7H2,1H3,(H,12,17)(H,15,16)/t8-,11?/m0/s1. The average Bonchev–Trinajstić information content (AvgIpc) is 2.26. The Morgan fingerprint density at radius 2 is 2.17 bits per heavy atom. The fraction of sp³-hybridized carbons (Fsp3) is 0.818. The number of hydrogen-bond donors (Lipinski definition) is 4. The quantitative estimate of drug-likeness (QED) is 0.538. The zero-order chi connectivity index (χ0) is 13.8. The zero-order valence-corrected chi connectivity index (χ0v) is 10.4. The molecule has 1 unspecified atom stereocenters. The minimum absolute atomic E-state index is 0.0364. The van der Waals surface area contributed by atoms with Crippen LogP contribution in [0.4, 0.5) is 4.79 Å². The van der Waals surface area contributed by atoms with Crippen molar-refractivity contribution in [1.29, 1.82) is 0 Å². The van der Waals surface area contributed by atoms with Gasteiger partial charge in [0, 0.05) is 19.6 Å². The third-order valence-corrected chi connectivity index (χ3v) is 2.98. The Kier molecular flexibility index (Phi) is 4.92. The molecule has 2 atom stereocenters. The first-order chi connectivity index (χ1) is 8.35. The van der Waals surface area contributed by atoms with Gasteiger partial charge in [0.05, 0.1) is 12.1 Å². The van der Waals surface area contributed by atoms with Gasteiger partial charge in [-0.05, 0) is 19.8 Å². The van der Waals surface area contributed by atoms with Crippen LogP contribution in [0.2, 0.25) is 0 Å². The SMILES string of the molecule is CC1(O)CCCN(C(=O)N[C@@H](CCO)C(=O)O)C1. The van der Waals surface area contributed by atoms with Crippen molar-refractivity contribution in [2.75, 3.05) is 19.7 Å². The molecule has 7 nitrogen and oxygen atoms in total. The maximum absolute atomic E-state index is 11.8. The van der Waals surface area contributed by atoms with Crippen LogP contribution >= 0.6 is 0 Å². The number of urea groups is 1. The number of β-amino-alcohol motifs (C(OH)–C–C–N with tert-alkyl or cyclic N) is 1. The summed E-state index contributed by atoms with van der Waals surface area (Å²) in [7, 11) is 0. The Balaban J connectivity index is 2.55. The summed E-state index contributed by atoms with van der Waals surface area (Å²) in [6.07, 6.45) is 1.26. The first-order valence-electron chi connectivity index (χ1n) is 5.97.